The first-order valence-electron chi connectivity index (χ1n) is 18.4. The molecule has 2 aliphatic carbocycles. The Morgan fingerprint density at radius 1 is 1.02 bits per heavy atom. The number of carbonyl (C=O) groups excluding carboxylic acids is 2. The first kappa shape index (κ1) is 36.8. The normalized spacial score (nSPS) is 17.0. The molecule has 3 aromatic rings. The lowest BCUT2D eigenvalue weighted by atomic mass is 9.63. The third-order valence-electron chi connectivity index (χ3n) is 10.8. The van der Waals surface area contributed by atoms with Crippen LogP contribution in [0.2, 0.25) is 25.7 Å². The fourth-order valence-electron chi connectivity index (χ4n) is 8.26. The number of rotatable bonds is 14. The summed E-state index contributed by atoms with van der Waals surface area (Å²) >= 11 is 0. The van der Waals surface area contributed by atoms with Gasteiger partial charge >= 0.3 is 0 Å². The quantitative estimate of drug-likeness (QED) is 0.118. The maximum Gasteiger partial charge on any atom is 0.267 e. The van der Waals surface area contributed by atoms with Gasteiger partial charge in [-0.3, -0.25) is 19.3 Å². The second-order valence-electron chi connectivity index (χ2n) is 15.5. The molecule has 0 aliphatic heterocycles. The van der Waals surface area contributed by atoms with Crippen molar-refractivity contribution in [3.63, 3.8) is 0 Å². The zero-order valence-electron chi connectivity index (χ0n) is 30.4. The zero-order chi connectivity index (χ0) is 35.3. The van der Waals surface area contributed by atoms with Gasteiger partial charge < -0.3 is 20.9 Å². The first-order valence-corrected chi connectivity index (χ1v) is 22.1. The van der Waals surface area contributed by atoms with Gasteiger partial charge in [0.05, 0.1) is 29.7 Å². The molecule has 2 amide bonds. The van der Waals surface area contributed by atoms with Crippen LogP contribution in [0.5, 0.6) is 5.75 Å². The van der Waals surface area contributed by atoms with Crippen LogP contribution < -0.4 is 11.1 Å². The number of amides is 2. The minimum Gasteiger partial charge on any atom is -0.506 e. The molecule has 268 valence electrons. The fourth-order valence-corrected chi connectivity index (χ4v) is 9.01. The molecule has 3 heterocycles. The van der Waals surface area contributed by atoms with Gasteiger partial charge in [-0.15, -0.1) is 0 Å². The molecule has 2 saturated carbocycles. The first-order chi connectivity index (χ1) is 23.4. The number of pyridine rings is 1. The summed E-state index contributed by atoms with van der Waals surface area (Å²) in [5.74, 6) is -0.660. The van der Waals surface area contributed by atoms with Gasteiger partial charge in [0, 0.05) is 44.1 Å². The Morgan fingerprint density at radius 2 is 1.65 bits per heavy atom. The summed E-state index contributed by atoms with van der Waals surface area (Å²) in [4.78, 5) is 32.2. The van der Waals surface area contributed by atoms with Crippen LogP contribution in [0, 0.1) is 31.6 Å². The molecule has 0 saturated heterocycles. The van der Waals surface area contributed by atoms with Crippen molar-refractivity contribution in [2.75, 3.05) is 11.9 Å². The fraction of sp³-hybridized carbons (Fsp3) is 0.649. The van der Waals surface area contributed by atoms with Crippen LogP contribution in [-0.4, -0.2) is 56.1 Å². The summed E-state index contributed by atoms with van der Waals surface area (Å²) in [7, 11) is -1.20. The number of nitrogens with two attached hydrogens (primary N) is 1. The Labute approximate surface area is 292 Å². The van der Waals surface area contributed by atoms with Gasteiger partial charge in [0.1, 0.15) is 23.9 Å². The SMILES string of the molecule is CCn1ncc([C@@H](C(=O)Nc2cnc(-c3c(C)nn(COCC[Si](C)(C)C)c3C)c(O)c2)C(C2CCCCC2)C2CCCCC2)c1C(N)=O. The molecular weight excluding hydrogens is 635 g/mol. The van der Waals surface area contributed by atoms with Gasteiger partial charge in [0.2, 0.25) is 5.91 Å². The van der Waals surface area contributed by atoms with Crippen molar-refractivity contribution in [2.24, 2.45) is 23.5 Å². The van der Waals surface area contributed by atoms with Crippen molar-refractivity contribution < 1.29 is 19.4 Å². The summed E-state index contributed by atoms with van der Waals surface area (Å²) in [5, 5.41) is 23.6. The number of carbonyl (C=O) groups is 2. The number of aromatic nitrogens is 5. The van der Waals surface area contributed by atoms with Gasteiger partial charge in [-0.05, 0) is 44.6 Å². The number of hydrogen-bond donors (Lipinski definition) is 3. The highest BCUT2D eigenvalue weighted by atomic mass is 28.3. The predicted molar refractivity (Wildman–Crippen MR) is 195 cm³/mol. The van der Waals surface area contributed by atoms with Gasteiger partial charge in [-0.25, -0.2) is 4.68 Å². The standard InChI is InChI=1S/C37H57N7O4Si/c1-7-43-35(36(38)46)29(22-40-43)33(32(26-14-10-8-11-15-26)27-16-12-9-13-17-27)37(47)41-28-20-30(45)34(39-21-28)31-24(2)42-44(25(31)3)23-48-18-19-49(4,5)6/h20-22,26-27,32-33,45H,7-19,23H2,1-6H3,(H2,38,46)(H,41,47)/t33-/m1/s1. The molecule has 1 atom stereocenters. The van der Waals surface area contributed by atoms with Crippen LogP contribution >= 0.6 is 0 Å². The molecule has 0 aromatic carbocycles. The summed E-state index contributed by atoms with van der Waals surface area (Å²) in [6, 6.07) is 2.63. The zero-order valence-corrected chi connectivity index (χ0v) is 31.4. The molecular formula is C37H57N7O4Si. The minimum absolute atomic E-state index is 0.0486. The third kappa shape index (κ3) is 8.63. The molecule has 0 unspecified atom stereocenters. The van der Waals surface area contributed by atoms with Crippen LogP contribution in [0.1, 0.15) is 104 Å². The average Bonchev–Trinajstić information content (AvgIpc) is 3.62. The van der Waals surface area contributed by atoms with Crippen LogP contribution in [-0.2, 0) is 22.8 Å². The Balaban J connectivity index is 1.45. The third-order valence-corrected chi connectivity index (χ3v) is 12.5. The predicted octanol–water partition coefficient (Wildman–Crippen LogP) is 7.39. The van der Waals surface area contributed by atoms with Crippen molar-refractivity contribution in [3.05, 3.63) is 41.1 Å². The smallest absolute Gasteiger partial charge is 0.267 e. The van der Waals surface area contributed by atoms with E-state index in [-0.39, 0.29) is 17.6 Å². The largest absolute Gasteiger partial charge is 0.506 e. The monoisotopic (exact) mass is 691 g/mol. The summed E-state index contributed by atoms with van der Waals surface area (Å²) in [5.41, 5.74) is 10.0. The highest BCUT2D eigenvalue weighted by molar-refractivity contribution is 6.76. The number of ether oxygens (including phenoxy) is 1. The number of aryl methyl sites for hydroxylation is 2. The van der Waals surface area contributed by atoms with Crippen molar-refractivity contribution >= 4 is 25.6 Å². The Kier molecular flexibility index (Phi) is 12.0. The highest BCUT2D eigenvalue weighted by Crippen LogP contribution is 2.48. The number of nitrogens with zero attached hydrogens (tertiary/aromatic N) is 5. The Morgan fingerprint density at radius 3 is 2.20 bits per heavy atom. The second kappa shape index (κ2) is 16.0. The van der Waals surface area contributed by atoms with E-state index in [2.05, 4.69) is 40.1 Å². The summed E-state index contributed by atoms with van der Waals surface area (Å²) < 4.78 is 9.36. The van der Waals surface area contributed by atoms with E-state index in [1.165, 1.54) is 12.8 Å². The van der Waals surface area contributed by atoms with Gasteiger partial charge in [0.25, 0.3) is 5.91 Å². The molecule has 0 spiro atoms. The van der Waals surface area contributed by atoms with Crippen LogP contribution in [0.15, 0.2) is 18.5 Å². The number of aromatic hydroxyl groups is 1. The van der Waals surface area contributed by atoms with E-state index in [1.807, 2.05) is 20.8 Å². The number of hydrogen-bond acceptors (Lipinski definition) is 7. The van der Waals surface area contributed by atoms with E-state index < -0.39 is 19.9 Å². The van der Waals surface area contributed by atoms with Crippen LogP contribution in [0.4, 0.5) is 5.69 Å². The van der Waals surface area contributed by atoms with Crippen LogP contribution in [0.3, 0.4) is 0 Å². The van der Waals surface area contributed by atoms with E-state index in [0.29, 0.717) is 54.4 Å². The molecule has 49 heavy (non-hydrogen) atoms. The number of primary amides is 1. The lowest BCUT2D eigenvalue weighted by molar-refractivity contribution is -0.120. The minimum atomic E-state index is -1.20. The van der Waals surface area contributed by atoms with E-state index in [9.17, 15) is 14.7 Å². The van der Waals surface area contributed by atoms with E-state index in [1.54, 1.807) is 27.8 Å². The maximum atomic E-state index is 14.6. The Hall–Kier alpha value is -3.51. The second-order valence-corrected chi connectivity index (χ2v) is 21.1. The molecule has 5 rings (SSSR count). The molecule has 2 aliphatic rings. The average molecular weight is 692 g/mol. The molecule has 11 nitrogen and oxygen atoms in total. The van der Waals surface area contributed by atoms with Gasteiger partial charge in [0.15, 0.2) is 0 Å². The van der Waals surface area contributed by atoms with Crippen molar-refractivity contribution in [1.82, 2.24) is 24.5 Å². The van der Waals surface area contributed by atoms with E-state index in [0.717, 1.165) is 74.4 Å². The summed E-state index contributed by atoms with van der Waals surface area (Å²) in [6.07, 6.45) is 14.6. The van der Waals surface area contributed by atoms with Crippen molar-refractivity contribution in [2.45, 2.75) is 130 Å². The lowest BCUT2D eigenvalue weighted by Crippen LogP contribution is -2.39. The lowest BCUT2D eigenvalue weighted by Gasteiger charge is -2.42. The topological polar surface area (TPSA) is 150 Å². The molecule has 4 N–H and O–H groups in total. The molecule has 2 fully saturated rings. The number of anilines is 1. The van der Waals surface area contributed by atoms with Crippen molar-refractivity contribution in [1.29, 1.82) is 0 Å². The number of nitrogens with one attached hydrogen (secondary N) is 1. The molecule has 0 bridgehead atoms. The Bertz CT molecular complexity index is 1580. The molecule has 0 radical (unpaired) electrons. The van der Waals surface area contributed by atoms with E-state index in [4.69, 9.17) is 10.5 Å². The maximum absolute atomic E-state index is 14.6. The van der Waals surface area contributed by atoms with E-state index >= 15 is 0 Å². The van der Waals surface area contributed by atoms with Crippen LogP contribution in [0.25, 0.3) is 11.3 Å². The van der Waals surface area contributed by atoms with Gasteiger partial charge in [-0.2, -0.15) is 10.2 Å². The van der Waals surface area contributed by atoms with Crippen molar-refractivity contribution in [3.8, 4) is 17.0 Å². The summed E-state index contributed by atoms with van der Waals surface area (Å²) in [6.45, 7) is 14.2. The molecule has 3 aromatic heterocycles. The van der Waals surface area contributed by atoms with Gasteiger partial charge in [-0.1, -0.05) is 83.8 Å². The highest BCUT2D eigenvalue weighted by Gasteiger charge is 2.43. The molecule has 12 heteroatoms.